The van der Waals surface area contributed by atoms with Crippen molar-refractivity contribution in [2.24, 2.45) is 0 Å². The maximum Gasteiger partial charge on any atom is 0.0929 e. The first kappa shape index (κ1) is 15.3. The molecule has 1 atom stereocenters. The molecular weight excluding hydrogens is 292 g/mol. The molecule has 0 radical (unpaired) electrons. The normalized spacial score (nSPS) is 12.4. The molecule has 2 rings (SSSR count). The fourth-order valence-corrected chi connectivity index (χ4v) is 3.28. The minimum absolute atomic E-state index is 0.0137. The van der Waals surface area contributed by atoms with E-state index < -0.39 is 0 Å². The van der Waals surface area contributed by atoms with Crippen LogP contribution in [0.4, 0.5) is 5.69 Å². The Morgan fingerprint density at radius 3 is 2.80 bits per heavy atom. The van der Waals surface area contributed by atoms with Gasteiger partial charge < -0.3 is 10.4 Å². The summed E-state index contributed by atoms with van der Waals surface area (Å²) in [7, 11) is 0. The smallest absolute Gasteiger partial charge is 0.0929 e. The van der Waals surface area contributed by atoms with Gasteiger partial charge in [0, 0.05) is 4.88 Å². The summed E-state index contributed by atoms with van der Waals surface area (Å²) in [6, 6.07) is 5.65. The summed E-state index contributed by atoms with van der Waals surface area (Å²) < 4.78 is 0. The van der Waals surface area contributed by atoms with E-state index >= 15 is 0 Å². The number of thiazole rings is 1. The van der Waals surface area contributed by atoms with E-state index in [-0.39, 0.29) is 12.6 Å². The summed E-state index contributed by atoms with van der Waals surface area (Å²) in [6.07, 6.45) is 0.957. The van der Waals surface area contributed by atoms with Crippen molar-refractivity contribution in [3.05, 3.63) is 44.4 Å². The third kappa shape index (κ3) is 3.32. The number of aliphatic hydroxyl groups excluding tert-OH is 1. The molecule has 1 heterocycles. The van der Waals surface area contributed by atoms with Gasteiger partial charge in [-0.05, 0) is 38.0 Å². The molecule has 1 unspecified atom stereocenters. The van der Waals surface area contributed by atoms with Crippen molar-refractivity contribution < 1.29 is 5.11 Å². The van der Waals surface area contributed by atoms with E-state index in [1.54, 1.807) is 17.4 Å². The second kappa shape index (κ2) is 6.57. The number of aromatic nitrogens is 1. The molecule has 2 N–H and O–H groups in total. The summed E-state index contributed by atoms with van der Waals surface area (Å²) in [5.41, 5.74) is 2.76. The van der Waals surface area contributed by atoms with Crippen LogP contribution in [0, 0.1) is 6.92 Å². The summed E-state index contributed by atoms with van der Waals surface area (Å²) in [5, 5.41) is 14.4. The van der Waals surface area contributed by atoms with Crippen molar-refractivity contribution in [1.82, 2.24) is 4.98 Å². The van der Waals surface area contributed by atoms with E-state index in [1.807, 2.05) is 19.1 Å². The van der Waals surface area contributed by atoms with Crippen LogP contribution in [0.1, 0.15) is 41.0 Å². The largest absolute Gasteiger partial charge is 0.392 e. The number of hydrogen-bond donors (Lipinski definition) is 2. The molecule has 0 aliphatic carbocycles. The van der Waals surface area contributed by atoms with Crippen LogP contribution in [0.25, 0.3) is 0 Å². The summed E-state index contributed by atoms with van der Waals surface area (Å²) in [4.78, 5) is 5.78. The van der Waals surface area contributed by atoms with Crippen molar-refractivity contribution in [1.29, 1.82) is 0 Å². The number of hydrogen-bond acceptors (Lipinski definition) is 4. The van der Waals surface area contributed by atoms with Crippen LogP contribution in [-0.2, 0) is 13.0 Å². The van der Waals surface area contributed by atoms with E-state index in [4.69, 9.17) is 11.6 Å². The predicted octanol–water partition coefficient (Wildman–Crippen LogP) is 4.33. The van der Waals surface area contributed by atoms with Crippen LogP contribution in [0.2, 0.25) is 5.02 Å². The maximum absolute atomic E-state index is 9.20. The molecule has 5 heteroatoms. The molecule has 0 aliphatic rings. The second-order valence-electron chi connectivity index (χ2n) is 4.75. The minimum atomic E-state index is 0.0137. The average molecular weight is 311 g/mol. The summed E-state index contributed by atoms with van der Waals surface area (Å²) in [5.74, 6) is 0. The zero-order valence-corrected chi connectivity index (χ0v) is 13.5. The highest BCUT2D eigenvalue weighted by Gasteiger charge is 2.15. The highest BCUT2D eigenvalue weighted by atomic mass is 35.5. The van der Waals surface area contributed by atoms with Crippen LogP contribution in [0.3, 0.4) is 0 Å². The maximum atomic E-state index is 9.20. The minimum Gasteiger partial charge on any atom is -0.392 e. The van der Waals surface area contributed by atoms with Gasteiger partial charge in [-0.1, -0.05) is 24.6 Å². The molecule has 0 saturated carbocycles. The van der Waals surface area contributed by atoms with Gasteiger partial charge in [-0.2, -0.15) is 0 Å². The molecule has 0 bridgehead atoms. The Kier molecular flexibility index (Phi) is 5.02. The Hall–Kier alpha value is -1.10. The monoisotopic (exact) mass is 310 g/mol. The quantitative estimate of drug-likeness (QED) is 0.864. The lowest BCUT2D eigenvalue weighted by Gasteiger charge is -2.16. The van der Waals surface area contributed by atoms with Gasteiger partial charge in [0.2, 0.25) is 0 Å². The van der Waals surface area contributed by atoms with Crippen molar-refractivity contribution >= 4 is 28.6 Å². The Morgan fingerprint density at radius 1 is 1.45 bits per heavy atom. The third-order valence-electron chi connectivity index (χ3n) is 3.16. The lowest BCUT2D eigenvalue weighted by Crippen LogP contribution is -2.07. The van der Waals surface area contributed by atoms with Crippen LogP contribution in [-0.4, -0.2) is 10.1 Å². The lowest BCUT2D eigenvalue weighted by molar-refractivity contribution is 0.282. The number of aliphatic hydroxyl groups is 1. The van der Waals surface area contributed by atoms with E-state index in [0.29, 0.717) is 5.02 Å². The zero-order valence-electron chi connectivity index (χ0n) is 11.9. The van der Waals surface area contributed by atoms with Crippen LogP contribution in [0.5, 0.6) is 0 Å². The highest BCUT2D eigenvalue weighted by molar-refractivity contribution is 7.11. The molecule has 0 saturated heterocycles. The first-order valence-electron chi connectivity index (χ1n) is 6.67. The van der Waals surface area contributed by atoms with Gasteiger partial charge in [0.1, 0.15) is 0 Å². The molecule has 20 heavy (non-hydrogen) atoms. The fraction of sp³-hybridized carbons (Fsp3) is 0.400. The average Bonchev–Trinajstić information content (AvgIpc) is 2.82. The number of nitrogens with zero attached hydrogens (tertiary/aromatic N) is 1. The molecule has 108 valence electrons. The van der Waals surface area contributed by atoms with Gasteiger partial charge in [0.05, 0.1) is 34.1 Å². The summed E-state index contributed by atoms with van der Waals surface area (Å²) in [6.45, 7) is 6.26. The molecule has 0 amide bonds. The van der Waals surface area contributed by atoms with E-state index in [0.717, 1.165) is 28.4 Å². The molecule has 1 aromatic heterocycles. The topological polar surface area (TPSA) is 45.2 Å². The Balaban J connectivity index is 2.22. The first-order chi connectivity index (χ1) is 9.55. The number of rotatable bonds is 5. The molecule has 3 nitrogen and oxygen atoms in total. The SMILES string of the molecule is CCc1nc(C)c(C(C)Nc2cc(CO)ccc2Cl)s1. The van der Waals surface area contributed by atoms with Gasteiger partial charge in [-0.15, -0.1) is 11.3 Å². The van der Waals surface area contributed by atoms with Crippen LogP contribution < -0.4 is 5.32 Å². The van der Waals surface area contributed by atoms with Gasteiger partial charge in [0.25, 0.3) is 0 Å². The highest BCUT2D eigenvalue weighted by Crippen LogP contribution is 2.31. The molecular formula is C15H19ClN2OS. The van der Waals surface area contributed by atoms with Gasteiger partial charge in [0.15, 0.2) is 0 Å². The van der Waals surface area contributed by atoms with E-state index in [2.05, 4.69) is 24.1 Å². The van der Waals surface area contributed by atoms with E-state index in [9.17, 15) is 5.11 Å². The third-order valence-corrected chi connectivity index (χ3v) is 4.97. The number of aryl methyl sites for hydroxylation is 2. The van der Waals surface area contributed by atoms with Crippen molar-refractivity contribution in [3.8, 4) is 0 Å². The molecule has 0 fully saturated rings. The van der Waals surface area contributed by atoms with Crippen molar-refractivity contribution in [2.75, 3.05) is 5.32 Å². The Morgan fingerprint density at radius 2 is 2.20 bits per heavy atom. The molecule has 0 aliphatic heterocycles. The van der Waals surface area contributed by atoms with Gasteiger partial charge in [-0.3, -0.25) is 0 Å². The van der Waals surface area contributed by atoms with Crippen LogP contribution >= 0.6 is 22.9 Å². The van der Waals surface area contributed by atoms with Gasteiger partial charge in [-0.25, -0.2) is 4.98 Å². The number of halogens is 1. The lowest BCUT2D eigenvalue weighted by atomic mass is 10.2. The van der Waals surface area contributed by atoms with E-state index in [1.165, 1.54) is 4.88 Å². The number of benzene rings is 1. The van der Waals surface area contributed by atoms with Crippen LogP contribution in [0.15, 0.2) is 18.2 Å². The second-order valence-corrected chi connectivity index (χ2v) is 6.27. The van der Waals surface area contributed by atoms with Crippen molar-refractivity contribution in [3.63, 3.8) is 0 Å². The first-order valence-corrected chi connectivity index (χ1v) is 7.86. The molecule has 2 aromatic rings. The Labute approximate surface area is 128 Å². The molecule has 0 spiro atoms. The summed E-state index contributed by atoms with van der Waals surface area (Å²) >= 11 is 7.94. The number of nitrogens with one attached hydrogen (secondary N) is 1. The number of anilines is 1. The molecule has 1 aromatic carbocycles. The van der Waals surface area contributed by atoms with Crippen molar-refractivity contribution in [2.45, 2.75) is 39.8 Å². The predicted molar refractivity (Wildman–Crippen MR) is 85.6 cm³/mol. The zero-order chi connectivity index (χ0) is 14.7. The Bertz CT molecular complexity index is 598. The fourth-order valence-electron chi connectivity index (χ4n) is 2.10. The van der Waals surface area contributed by atoms with Gasteiger partial charge >= 0.3 is 0 Å². The standard InChI is InChI=1S/C15H19ClN2OS/c1-4-14-18-10(3)15(20-14)9(2)17-13-7-11(8-19)5-6-12(13)16/h5-7,9,17,19H,4,8H2,1-3H3.